The fourth-order valence-corrected chi connectivity index (χ4v) is 3.01. The van der Waals surface area contributed by atoms with Gasteiger partial charge in [-0.15, -0.1) is 18.3 Å². The molecule has 0 aliphatic rings. The molecule has 12 heteroatoms. The van der Waals surface area contributed by atoms with Crippen LogP contribution in [0.1, 0.15) is 30.9 Å². The Kier molecular flexibility index (Phi) is 14.0. The quantitative estimate of drug-likeness (QED) is 0.222. The molecule has 0 unspecified atom stereocenters. The van der Waals surface area contributed by atoms with Gasteiger partial charge in [-0.1, -0.05) is 32.1 Å². The molecule has 0 saturated heterocycles. The van der Waals surface area contributed by atoms with Crippen LogP contribution >= 0.6 is 11.8 Å². The SMILES string of the molecule is C=CCO.CC.COc1ccc(COc2cc(C(=NCc3cncn3CC(F)(F)F)SC)on2)cc1. The third-order valence-corrected chi connectivity index (χ3v) is 4.82. The first kappa shape index (κ1) is 30.8. The molecule has 3 rings (SSSR count). The molecule has 1 N–H and O–H groups in total. The fourth-order valence-electron chi connectivity index (χ4n) is 2.52. The van der Waals surface area contributed by atoms with Gasteiger partial charge in [0.05, 0.1) is 44.5 Å². The van der Waals surface area contributed by atoms with Crippen LogP contribution in [0.5, 0.6) is 11.6 Å². The first-order valence-electron chi connectivity index (χ1n) is 10.9. The molecule has 0 radical (unpaired) electrons. The summed E-state index contributed by atoms with van der Waals surface area (Å²) in [6, 6.07) is 8.99. The summed E-state index contributed by atoms with van der Waals surface area (Å²) in [5.74, 6) is 1.40. The van der Waals surface area contributed by atoms with E-state index in [9.17, 15) is 13.2 Å². The lowest BCUT2D eigenvalue weighted by atomic mass is 10.2. The van der Waals surface area contributed by atoms with Crippen LogP contribution in [0.3, 0.4) is 0 Å². The highest BCUT2D eigenvalue weighted by Crippen LogP contribution is 2.21. The number of nitrogens with zero attached hydrogens (tertiary/aromatic N) is 4. The molecule has 1 aromatic carbocycles. The molecule has 2 aromatic heterocycles. The van der Waals surface area contributed by atoms with Crippen LogP contribution in [0.4, 0.5) is 13.2 Å². The number of thioether (sulfide) groups is 1. The van der Waals surface area contributed by atoms with E-state index in [1.165, 1.54) is 24.0 Å². The number of aliphatic imine (C=N–C) groups is 1. The summed E-state index contributed by atoms with van der Waals surface area (Å²) < 4.78 is 54.9. The Morgan fingerprint density at radius 1 is 1.28 bits per heavy atom. The summed E-state index contributed by atoms with van der Waals surface area (Å²) >= 11 is 1.29. The molecule has 36 heavy (non-hydrogen) atoms. The highest BCUT2D eigenvalue weighted by atomic mass is 32.2. The molecule has 0 spiro atoms. The molecular weight excluding hydrogens is 497 g/mol. The number of rotatable bonds is 9. The van der Waals surface area contributed by atoms with Crippen molar-refractivity contribution in [2.24, 2.45) is 4.99 Å². The fraction of sp³-hybridized carbons (Fsp3) is 0.375. The third-order valence-electron chi connectivity index (χ3n) is 4.10. The number of alkyl halides is 3. The van der Waals surface area contributed by atoms with E-state index >= 15 is 0 Å². The average molecular weight is 529 g/mol. The normalized spacial score (nSPS) is 11.1. The number of benzene rings is 1. The Bertz CT molecular complexity index is 1050. The van der Waals surface area contributed by atoms with Gasteiger partial charge in [-0.05, 0) is 29.1 Å². The van der Waals surface area contributed by atoms with Crippen molar-refractivity contribution in [1.29, 1.82) is 0 Å². The van der Waals surface area contributed by atoms with Gasteiger partial charge in [-0.3, -0.25) is 4.99 Å². The molecule has 0 bridgehead atoms. The van der Waals surface area contributed by atoms with Crippen LogP contribution < -0.4 is 9.47 Å². The van der Waals surface area contributed by atoms with Crippen molar-refractivity contribution in [3.8, 4) is 11.6 Å². The summed E-state index contributed by atoms with van der Waals surface area (Å²) in [5, 5.41) is 12.1. The molecule has 2 heterocycles. The predicted octanol–water partition coefficient (Wildman–Crippen LogP) is 5.52. The van der Waals surface area contributed by atoms with Crippen LogP contribution in [-0.2, 0) is 19.7 Å². The minimum atomic E-state index is -4.33. The van der Waals surface area contributed by atoms with Crippen LogP contribution in [0.2, 0.25) is 0 Å². The van der Waals surface area contributed by atoms with Gasteiger partial charge in [0.1, 0.15) is 23.9 Å². The Balaban J connectivity index is 0.000000982. The topological polar surface area (TPSA) is 94.9 Å². The smallest absolute Gasteiger partial charge is 0.406 e. The highest BCUT2D eigenvalue weighted by Gasteiger charge is 2.28. The summed E-state index contributed by atoms with van der Waals surface area (Å²) in [7, 11) is 1.59. The van der Waals surface area contributed by atoms with Crippen LogP contribution in [0, 0.1) is 0 Å². The molecular formula is C24H31F3N4O4S. The minimum absolute atomic E-state index is 0.0228. The molecule has 0 amide bonds. The molecule has 8 nitrogen and oxygen atoms in total. The summed E-state index contributed by atoms with van der Waals surface area (Å²) in [6.07, 6.45) is 1.38. The van der Waals surface area contributed by atoms with Gasteiger partial charge in [0.2, 0.25) is 0 Å². The van der Waals surface area contributed by atoms with Gasteiger partial charge in [-0.2, -0.15) is 13.2 Å². The van der Waals surface area contributed by atoms with E-state index < -0.39 is 12.7 Å². The van der Waals surface area contributed by atoms with Gasteiger partial charge in [0.25, 0.3) is 5.88 Å². The number of hydrogen-bond acceptors (Lipinski definition) is 8. The third kappa shape index (κ3) is 11.0. The number of imidazole rings is 1. The van der Waals surface area contributed by atoms with Gasteiger partial charge in [0.15, 0.2) is 5.76 Å². The molecule has 0 fully saturated rings. The average Bonchev–Trinajstić information content (AvgIpc) is 3.53. The maximum atomic E-state index is 12.6. The van der Waals surface area contributed by atoms with E-state index in [0.29, 0.717) is 23.1 Å². The molecule has 3 aromatic rings. The molecule has 0 aliphatic carbocycles. The monoisotopic (exact) mass is 528 g/mol. The van der Waals surface area contributed by atoms with Gasteiger partial charge >= 0.3 is 6.18 Å². The first-order valence-corrected chi connectivity index (χ1v) is 12.1. The Morgan fingerprint density at radius 3 is 2.50 bits per heavy atom. The van der Waals surface area contributed by atoms with Crippen molar-refractivity contribution >= 4 is 16.8 Å². The number of methoxy groups -OCH3 is 1. The second-order valence-corrected chi connectivity index (χ2v) is 7.39. The van der Waals surface area contributed by atoms with Crippen molar-refractivity contribution in [2.45, 2.75) is 39.7 Å². The molecule has 198 valence electrons. The van der Waals surface area contributed by atoms with Crippen LogP contribution in [-0.4, -0.2) is 51.0 Å². The Hall–Kier alpha value is -3.25. The van der Waals surface area contributed by atoms with E-state index in [-0.39, 0.29) is 19.0 Å². The summed E-state index contributed by atoms with van der Waals surface area (Å²) in [6.45, 7) is 6.51. The number of halogens is 3. The molecule has 0 aliphatic heterocycles. The summed E-state index contributed by atoms with van der Waals surface area (Å²) in [5.41, 5.74) is 1.27. The van der Waals surface area contributed by atoms with Crippen LogP contribution in [0.25, 0.3) is 0 Å². The largest absolute Gasteiger partial charge is 0.497 e. The van der Waals surface area contributed by atoms with E-state index in [1.54, 1.807) is 19.4 Å². The minimum Gasteiger partial charge on any atom is -0.497 e. The lowest BCUT2D eigenvalue weighted by molar-refractivity contribution is -0.141. The van der Waals surface area contributed by atoms with E-state index in [1.807, 2.05) is 38.1 Å². The standard InChI is InChI=1S/C19H19F3N4O3S.C3H6O.C2H6/c1-27-15-5-3-13(4-6-15)10-28-17-7-16(29-25-17)18(30-2)24-9-14-8-23-12-26(14)11-19(20,21)22;1-2-3-4;1-2/h3-8,12H,9-11H2,1-2H3;2,4H,1,3H2;1-2H3. The van der Waals surface area contributed by atoms with E-state index in [4.69, 9.17) is 19.1 Å². The maximum Gasteiger partial charge on any atom is 0.406 e. The lowest BCUT2D eigenvalue weighted by Gasteiger charge is -2.09. The second-order valence-electron chi connectivity index (χ2n) is 6.59. The predicted molar refractivity (Wildman–Crippen MR) is 134 cm³/mol. The number of ether oxygens (including phenoxy) is 2. The number of aliphatic hydroxyl groups excluding tert-OH is 1. The van der Waals surface area contributed by atoms with Crippen molar-refractivity contribution in [3.05, 3.63) is 72.5 Å². The maximum absolute atomic E-state index is 12.6. The van der Waals surface area contributed by atoms with Gasteiger partial charge < -0.3 is 23.7 Å². The Morgan fingerprint density at radius 2 is 1.94 bits per heavy atom. The number of hydrogen-bond donors (Lipinski definition) is 1. The zero-order valence-corrected chi connectivity index (χ0v) is 21.5. The number of aromatic nitrogens is 3. The van der Waals surface area contributed by atoms with Gasteiger partial charge in [0, 0.05) is 0 Å². The highest BCUT2D eigenvalue weighted by molar-refractivity contribution is 8.13. The lowest BCUT2D eigenvalue weighted by Crippen LogP contribution is -2.18. The zero-order chi connectivity index (χ0) is 27.0. The van der Waals surface area contributed by atoms with Crippen molar-refractivity contribution in [2.75, 3.05) is 20.0 Å². The number of aliphatic hydroxyl groups is 1. The molecule has 0 atom stereocenters. The zero-order valence-electron chi connectivity index (χ0n) is 20.7. The Labute approximate surface area is 212 Å². The first-order chi connectivity index (χ1) is 17.3. The van der Waals surface area contributed by atoms with E-state index in [2.05, 4.69) is 21.7 Å². The second kappa shape index (κ2) is 16.4. The van der Waals surface area contributed by atoms with E-state index in [0.717, 1.165) is 22.2 Å². The molecule has 0 saturated carbocycles. The van der Waals surface area contributed by atoms with Crippen molar-refractivity contribution < 1.29 is 32.3 Å². The summed E-state index contributed by atoms with van der Waals surface area (Å²) in [4.78, 5) is 8.12. The van der Waals surface area contributed by atoms with Crippen molar-refractivity contribution in [1.82, 2.24) is 14.7 Å². The van der Waals surface area contributed by atoms with Crippen LogP contribution in [0.15, 0.2) is 65.0 Å². The van der Waals surface area contributed by atoms with Crippen molar-refractivity contribution in [3.63, 3.8) is 0 Å². The van der Waals surface area contributed by atoms with Gasteiger partial charge in [-0.25, -0.2) is 4.98 Å².